The fourth-order valence-corrected chi connectivity index (χ4v) is 6.08. The van der Waals surface area contributed by atoms with Gasteiger partial charge in [-0.05, 0) is 25.5 Å². The number of sulfonamides is 1. The number of aryl methyl sites for hydroxylation is 2. The van der Waals surface area contributed by atoms with Crippen molar-refractivity contribution in [1.29, 1.82) is 0 Å². The molecular weight excluding hydrogens is 398 g/mol. The Morgan fingerprint density at radius 2 is 1.89 bits per heavy atom. The molecule has 3 heterocycles. The van der Waals surface area contributed by atoms with Crippen LogP contribution in [0.3, 0.4) is 0 Å². The zero-order valence-corrected chi connectivity index (χ0v) is 17.8. The van der Waals surface area contributed by atoms with Crippen molar-refractivity contribution in [3.05, 3.63) is 35.0 Å². The second-order valence-corrected chi connectivity index (χ2v) is 9.50. The van der Waals surface area contributed by atoms with Crippen molar-refractivity contribution >= 4 is 32.0 Å². The molecule has 10 heteroatoms. The molecule has 0 N–H and O–H groups in total. The molecule has 4 rings (SSSR count). The predicted octanol–water partition coefficient (Wildman–Crippen LogP) is 2.18. The average Bonchev–Trinajstić information content (AvgIpc) is 3.23. The molecule has 1 aliphatic rings. The molecule has 28 heavy (non-hydrogen) atoms. The van der Waals surface area contributed by atoms with E-state index in [-0.39, 0.29) is 5.03 Å². The van der Waals surface area contributed by atoms with Gasteiger partial charge in [-0.3, -0.25) is 0 Å². The summed E-state index contributed by atoms with van der Waals surface area (Å²) in [4.78, 5) is 7.19. The van der Waals surface area contributed by atoms with Crippen LogP contribution in [0.25, 0.3) is 4.96 Å². The van der Waals surface area contributed by atoms with E-state index in [2.05, 4.69) is 15.0 Å². The Balaban J connectivity index is 1.59. The van der Waals surface area contributed by atoms with E-state index < -0.39 is 10.0 Å². The summed E-state index contributed by atoms with van der Waals surface area (Å²) in [6, 6.07) is 7.80. The first-order valence-corrected chi connectivity index (χ1v) is 11.4. The van der Waals surface area contributed by atoms with Crippen LogP contribution in [0.1, 0.15) is 17.6 Å². The van der Waals surface area contributed by atoms with E-state index in [1.807, 2.05) is 31.2 Å². The molecule has 1 fully saturated rings. The van der Waals surface area contributed by atoms with Gasteiger partial charge in [0.05, 0.1) is 18.5 Å². The van der Waals surface area contributed by atoms with Crippen LogP contribution in [0, 0.1) is 6.92 Å². The van der Waals surface area contributed by atoms with Gasteiger partial charge in [0, 0.05) is 26.2 Å². The number of benzene rings is 1. The molecule has 0 radical (unpaired) electrons. The molecule has 2 aromatic heterocycles. The highest BCUT2D eigenvalue weighted by Crippen LogP contribution is 2.30. The topological polar surface area (TPSA) is 80.0 Å². The van der Waals surface area contributed by atoms with Crippen LogP contribution in [-0.2, 0) is 16.4 Å². The smallest absolute Gasteiger partial charge is 0.262 e. The summed E-state index contributed by atoms with van der Waals surface area (Å²) < 4.78 is 35.1. The lowest BCUT2D eigenvalue weighted by Gasteiger charge is -2.35. The van der Waals surface area contributed by atoms with Crippen LogP contribution in [-0.4, -0.2) is 60.6 Å². The molecule has 150 valence electrons. The SMILES string of the molecule is CCc1nn2c(S(=O)(=O)N3CCN(c4ccccc4OC)CC3)c(C)nc2s1. The third-order valence-corrected chi connectivity index (χ3v) is 7.97. The summed E-state index contributed by atoms with van der Waals surface area (Å²) in [6.45, 7) is 5.72. The second-order valence-electron chi connectivity index (χ2n) is 6.61. The Kier molecular flexibility index (Phi) is 5.02. The highest BCUT2D eigenvalue weighted by atomic mass is 32.2. The van der Waals surface area contributed by atoms with Gasteiger partial charge in [-0.25, -0.2) is 13.4 Å². The van der Waals surface area contributed by atoms with Gasteiger partial charge in [0.1, 0.15) is 10.8 Å². The number of methoxy groups -OCH3 is 1. The minimum Gasteiger partial charge on any atom is -0.495 e. The van der Waals surface area contributed by atoms with E-state index in [9.17, 15) is 8.42 Å². The van der Waals surface area contributed by atoms with E-state index in [1.54, 1.807) is 14.0 Å². The van der Waals surface area contributed by atoms with Crippen LogP contribution < -0.4 is 9.64 Å². The molecule has 1 saturated heterocycles. The molecular formula is C18H23N5O3S2. The van der Waals surface area contributed by atoms with Crippen molar-refractivity contribution in [2.24, 2.45) is 0 Å². The number of para-hydroxylation sites is 2. The van der Waals surface area contributed by atoms with Crippen molar-refractivity contribution in [3.8, 4) is 5.75 Å². The van der Waals surface area contributed by atoms with Gasteiger partial charge in [-0.2, -0.15) is 13.9 Å². The third-order valence-electron chi connectivity index (χ3n) is 4.92. The summed E-state index contributed by atoms with van der Waals surface area (Å²) in [5, 5.41) is 5.50. The number of fused-ring (bicyclic) bond motifs is 1. The molecule has 0 bridgehead atoms. The Bertz CT molecular complexity index is 1100. The summed E-state index contributed by atoms with van der Waals surface area (Å²) in [5.41, 5.74) is 1.48. The lowest BCUT2D eigenvalue weighted by atomic mass is 10.2. The van der Waals surface area contributed by atoms with Crippen LogP contribution in [0.5, 0.6) is 5.75 Å². The Morgan fingerprint density at radius 1 is 1.18 bits per heavy atom. The molecule has 8 nitrogen and oxygen atoms in total. The zero-order valence-electron chi connectivity index (χ0n) is 16.1. The predicted molar refractivity (Wildman–Crippen MR) is 109 cm³/mol. The van der Waals surface area contributed by atoms with Gasteiger partial charge in [0.2, 0.25) is 4.96 Å². The van der Waals surface area contributed by atoms with Gasteiger partial charge < -0.3 is 9.64 Å². The number of nitrogens with zero attached hydrogens (tertiary/aromatic N) is 5. The first-order valence-electron chi connectivity index (χ1n) is 9.19. The van der Waals surface area contributed by atoms with E-state index in [0.717, 1.165) is 22.9 Å². The van der Waals surface area contributed by atoms with Gasteiger partial charge >= 0.3 is 0 Å². The first kappa shape index (κ1) is 19.2. The summed E-state index contributed by atoms with van der Waals surface area (Å²) in [6.07, 6.45) is 0.754. The zero-order chi connectivity index (χ0) is 19.9. The highest BCUT2D eigenvalue weighted by molar-refractivity contribution is 7.89. The number of hydrogen-bond acceptors (Lipinski definition) is 7. The maximum Gasteiger partial charge on any atom is 0.262 e. The maximum atomic E-state index is 13.3. The lowest BCUT2D eigenvalue weighted by molar-refractivity contribution is 0.376. The Labute approximate surface area is 168 Å². The largest absolute Gasteiger partial charge is 0.495 e. The lowest BCUT2D eigenvalue weighted by Crippen LogP contribution is -2.49. The molecule has 0 unspecified atom stereocenters. The van der Waals surface area contributed by atoms with Crippen LogP contribution in [0.15, 0.2) is 29.3 Å². The van der Waals surface area contributed by atoms with Crippen molar-refractivity contribution < 1.29 is 13.2 Å². The fourth-order valence-electron chi connectivity index (χ4n) is 3.49. The summed E-state index contributed by atoms with van der Waals surface area (Å²) >= 11 is 1.43. The summed E-state index contributed by atoms with van der Waals surface area (Å²) in [7, 11) is -2.03. The highest BCUT2D eigenvalue weighted by Gasteiger charge is 2.34. The number of hydrogen-bond donors (Lipinski definition) is 0. The number of anilines is 1. The van der Waals surface area contributed by atoms with Gasteiger partial charge in [0.25, 0.3) is 10.0 Å². The maximum absolute atomic E-state index is 13.3. The monoisotopic (exact) mass is 421 g/mol. The third kappa shape index (κ3) is 3.15. The Hall–Kier alpha value is -2.17. The van der Waals surface area contributed by atoms with Crippen LogP contribution >= 0.6 is 11.3 Å². The normalized spacial score (nSPS) is 16.0. The van der Waals surface area contributed by atoms with Gasteiger partial charge in [-0.15, -0.1) is 0 Å². The van der Waals surface area contributed by atoms with Crippen molar-refractivity contribution in [1.82, 2.24) is 18.9 Å². The molecule has 0 saturated carbocycles. The average molecular weight is 422 g/mol. The van der Waals surface area contributed by atoms with E-state index in [1.165, 1.54) is 20.2 Å². The number of imidazole rings is 1. The summed E-state index contributed by atoms with van der Waals surface area (Å²) in [5.74, 6) is 0.793. The van der Waals surface area contributed by atoms with E-state index in [0.29, 0.717) is 36.8 Å². The van der Waals surface area contributed by atoms with Crippen molar-refractivity contribution in [2.75, 3.05) is 38.2 Å². The fraction of sp³-hybridized carbons (Fsp3) is 0.444. The molecule has 0 aliphatic carbocycles. The standard InChI is InChI=1S/C18H23N5O3S2/c1-4-16-20-23-17(13(2)19-18(23)27-16)28(24,25)22-11-9-21(10-12-22)14-7-5-6-8-15(14)26-3/h5-8H,4,9-12H2,1-3H3. The second kappa shape index (κ2) is 7.34. The van der Waals surface area contributed by atoms with E-state index in [4.69, 9.17) is 4.74 Å². The molecule has 1 aliphatic heterocycles. The minimum atomic E-state index is -3.67. The van der Waals surface area contributed by atoms with Crippen molar-refractivity contribution in [2.45, 2.75) is 25.3 Å². The molecule has 0 spiro atoms. The van der Waals surface area contributed by atoms with E-state index >= 15 is 0 Å². The first-order chi connectivity index (χ1) is 13.5. The van der Waals surface area contributed by atoms with Gasteiger partial charge in [0.15, 0.2) is 5.03 Å². The number of piperazine rings is 1. The molecule has 0 atom stereocenters. The van der Waals surface area contributed by atoms with Gasteiger partial charge in [-0.1, -0.05) is 30.4 Å². The molecule has 1 aromatic carbocycles. The number of ether oxygens (including phenoxy) is 1. The minimum absolute atomic E-state index is 0.184. The van der Waals surface area contributed by atoms with Crippen molar-refractivity contribution in [3.63, 3.8) is 0 Å². The number of aromatic nitrogens is 3. The molecule has 3 aromatic rings. The quantitative estimate of drug-likeness (QED) is 0.628. The Morgan fingerprint density at radius 3 is 2.57 bits per heavy atom. The number of rotatable bonds is 5. The van der Waals surface area contributed by atoms with Crippen LogP contribution in [0.4, 0.5) is 5.69 Å². The van der Waals surface area contributed by atoms with Crippen LogP contribution in [0.2, 0.25) is 0 Å². The molecule has 0 amide bonds.